The summed E-state index contributed by atoms with van der Waals surface area (Å²) >= 11 is 0. The molecule has 0 aliphatic rings. The van der Waals surface area contributed by atoms with Gasteiger partial charge in [-0.1, -0.05) is 26.0 Å². The smallest absolute Gasteiger partial charge is 0.416 e. The van der Waals surface area contributed by atoms with Crippen molar-refractivity contribution in [2.24, 2.45) is 5.92 Å². The fourth-order valence-corrected chi connectivity index (χ4v) is 3.89. The number of hydrogen-bond donors (Lipinski definition) is 1. The number of carboxylic acids is 1. The lowest BCUT2D eigenvalue weighted by molar-refractivity contribution is -0.143. The van der Waals surface area contributed by atoms with Crippen LogP contribution in [0.25, 0.3) is 11.1 Å². The monoisotopic (exact) mass is 564 g/mol. The van der Waals surface area contributed by atoms with Crippen LogP contribution in [0.15, 0.2) is 60.7 Å². The zero-order valence-electron chi connectivity index (χ0n) is 20.3. The van der Waals surface area contributed by atoms with Crippen molar-refractivity contribution in [1.29, 1.82) is 0 Å². The van der Waals surface area contributed by atoms with Gasteiger partial charge in [0.15, 0.2) is 0 Å². The summed E-state index contributed by atoms with van der Waals surface area (Å²) in [6, 6.07) is 7.89. The van der Waals surface area contributed by atoms with Gasteiger partial charge in [0, 0.05) is 0 Å². The van der Waals surface area contributed by atoms with E-state index in [0.717, 1.165) is 30.3 Å². The molecule has 1 N–H and O–H groups in total. The minimum Gasteiger partial charge on any atom is -0.481 e. The Hall–Kier alpha value is -3.70. The highest BCUT2D eigenvalue weighted by Gasteiger charge is 2.37. The predicted octanol–water partition coefficient (Wildman–Crippen LogP) is 9.42. The lowest BCUT2D eigenvalue weighted by atomic mass is 9.88. The van der Waals surface area contributed by atoms with Crippen molar-refractivity contribution >= 4 is 5.97 Å². The molecule has 0 saturated carbocycles. The van der Waals surface area contributed by atoms with Gasteiger partial charge in [-0.15, -0.1) is 0 Å². The second-order valence-corrected chi connectivity index (χ2v) is 9.23. The van der Waals surface area contributed by atoms with Crippen molar-refractivity contribution in [3.8, 4) is 22.6 Å². The Labute approximate surface area is 216 Å². The number of carbonyl (C=O) groups is 1. The van der Waals surface area contributed by atoms with E-state index < -0.39 is 52.7 Å². The van der Waals surface area contributed by atoms with Gasteiger partial charge in [-0.3, -0.25) is 4.79 Å². The summed E-state index contributed by atoms with van der Waals surface area (Å²) in [5.74, 6) is -3.33. The fourth-order valence-electron chi connectivity index (χ4n) is 3.89. The molecule has 12 heteroatoms. The number of aliphatic carboxylic acids is 1. The number of carboxylic acid groups (broad SMARTS) is 1. The normalized spacial score (nSPS) is 13.4. The van der Waals surface area contributed by atoms with Gasteiger partial charge in [0.2, 0.25) is 0 Å². The molecule has 39 heavy (non-hydrogen) atoms. The van der Waals surface area contributed by atoms with Crippen molar-refractivity contribution < 1.29 is 54.2 Å². The van der Waals surface area contributed by atoms with Gasteiger partial charge in [-0.05, 0) is 77.6 Å². The Bertz CT molecular complexity index is 1310. The Morgan fingerprint density at radius 3 is 1.74 bits per heavy atom. The highest BCUT2D eigenvalue weighted by molar-refractivity contribution is 5.78. The van der Waals surface area contributed by atoms with E-state index in [1.165, 1.54) is 6.07 Å². The molecule has 0 spiro atoms. The van der Waals surface area contributed by atoms with Gasteiger partial charge in [0.25, 0.3) is 0 Å². The number of hydrogen-bond acceptors (Lipinski definition) is 2. The Morgan fingerprint density at radius 2 is 1.26 bits per heavy atom. The van der Waals surface area contributed by atoms with E-state index in [2.05, 4.69) is 0 Å². The van der Waals surface area contributed by atoms with E-state index in [9.17, 15) is 49.4 Å². The maximum absolute atomic E-state index is 13.4. The molecular formula is C27H21F9O3. The first-order valence-corrected chi connectivity index (χ1v) is 11.4. The van der Waals surface area contributed by atoms with E-state index in [4.69, 9.17) is 4.74 Å². The van der Waals surface area contributed by atoms with Crippen LogP contribution in [-0.2, 0) is 23.3 Å². The average molecular weight is 564 g/mol. The lowest BCUT2D eigenvalue weighted by Crippen LogP contribution is -2.14. The molecular weight excluding hydrogens is 543 g/mol. The second-order valence-electron chi connectivity index (χ2n) is 9.23. The first-order chi connectivity index (χ1) is 17.8. The second kappa shape index (κ2) is 10.8. The summed E-state index contributed by atoms with van der Waals surface area (Å²) in [6.07, 6.45) is -14.9. The zero-order valence-corrected chi connectivity index (χ0v) is 20.3. The van der Waals surface area contributed by atoms with Gasteiger partial charge < -0.3 is 9.84 Å². The predicted molar refractivity (Wildman–Crippen MR) is 123 cm³/mol. The molecule has 0 aliphatic carbocycles. The minimum atomic E-state index is -5.13. The molecule has 0 heterocycles. The molecule has 0 aliphatic heterocycles. The number of ether oxygens (including phenoxy) is 1. The van der Waals surface area contributed by atoms with E-state index >= 15 is 0 Å². The van der Waals surface area contributed by atoms with Gasteiger partial charge in [0.05, 0.1) is 22.6 Å². The summed E-state index contributed by atoms with van der Waals surface area (Å²) in [5.41, 5.74) is -5.04. The van der Waals surface area contributed by atoms with Crippen LogP contribution in [0.2, 0.25) is 0 Å². The third-order valence-electron chi connectivity index (χ3n) is 5.65. The van der Waals surface area contributed by atoms with Crippen LogP contribution in [0.1, 0.15) is 48.4 Å². The van der Waals surface area contributed by atoms with Crippen LogP contribution in [0.5, 0.6) is 11.5 Å². The summed E-state index contributed by atoms with van der Waals surface area (Å²) in [4.78, 5) is 12.0. The Kier molecular flexibility index (Phi) is 8.28. The number of alkyl halides is 9. The first-order valence-electron chi connectivity index (χ1n) is 11.4. The molecule has 3 aromatic rings. The summed E-state index contributed by atoms with van der Waals surface area (Å²) in [6.45, 7) is 3.42. The van der Waals surface area contributed by atoms with E-state index in [0.29, 0.717) is 18.2 Å². The van der Waals surface area contributed by atoms with Crippen LogP contribution in [0, 0.1) is 5.92 Å². The minimum absolute atomic E-state index is 0.0124. The molecule has 3 rings (SSSR count). The molecule has 3 nitrogen and oxygen atoms in total. The summed E-state index contributed by atoms with van der Waals surface area (Å²) in [5, 5.41) is 9.78. The third-order valence-corrected chi connectivity index (χ3v) is 5.65. The van der Waals surface area contributed by atoms with Crippen LogP contribution >= 0.6 is 0 Å². The van der Waals surface area contributed by atoms with Gasteiger partial charge >= 0.3 is 24.5 Å². The fraction of sp³-hybridized carbons (Fsp3) is 0.296. The maximum atomic E-state index is 13.4. The molecule has 0 fully saturated rings. The Balaban J connectivity index is 2.24. The maximum Gasteiger partial charge on any atom is 0.416 e. The van der Waals surface area contributed by atoms with Crippen molar-refractivity contribution in [2.45, 2.75) is 44.7 Å². The average Bonchev–Trinajstić information content (AvgIpc) is 2.80. The number of rotatable bonds is 7. The van der Waals surface area contributed by atoms with Crippen LogP contribution in [0.3, 0.4) is 0 Å². The SMILES string of the molecule is CC(C)CC(C(=O)O)c1cc(Oc2cccc(C(F)(F)F)c2)cc(-c2cc(C(F)(F)F)cc(C(F)(F)F)c2)c1. The van der Waals surface area contributed by atoms with E-state index in [-0.39, 0.29) is 41.0 Å². The van der Waals surface area contributed by atoms with E-state index in [1.54, 1.807) is 13.8 Å². The van der Waals surface area contributed by atoms with Crippen LogP contribution in [-0.4, -0.2) is 11.1 Å². The molecule has 0 aromatic heterocycles. The van der Waals surface area contributed by atoms with Crippen molar-refractivity contribution in [1.82, 2.24) is 0 Å². The van der Waals surface area contributed by atoms with Crippen molar-refractivity contribution in [3.63, 3.8) is 0 Å². The molecule has 210 valence electrons. The third kappa shape index (κ3) is 7.67. The molecule has 0 saturated heterocycles. The summed E-state index contributed by atoms with van der Waals surface area (Å²) in [7, 11) is 0. The van der Waals surface area contributed by atoms with Crippen molar-refractivity contribution in [2.75, 3.05) is 0 Å². The van der Waals surface area contributed by atoms with Gasteiger partial charge in [-0.25, -0.2) is 0 Å². The van der Waals surface area contributed by atoms with E-state index in [1.807, 2.05) is 0 Å². The van der Waals surface area contributed by atoms with Crippen LogP contribution < -0.4 is 4.74 Å². The first kappa shape index (κ1) is 29.9. The number of halogens is 9. The molecule has 0 amide bonds. The van der Waals surface area contributed by atoms with Gasteiger partial charge in [0.1, 0.15) is 11.5 Å². The lowest BCUT2D eigenvalue weighted by Gasteiger charge is -2.19. The van der Waals surface area contributed by atoms with Crippen molar-refractivity contribution in [3.05, 3.63) is 82.9 Å². The van der Waals surface area contributed by atoms with Gasteiger partial charge in [-0.2, -0.15) is 39.5 Å². The standard InChI is InChI=1S/C27H21F9O3/c1-14(2)6-23(24(37)38)17-7-15(16-8-19(26(31,32)33)12-20(9-16)27(34,35)36)10-22(11-17)39-21-5-3-4-18(13-21)25(28,29)30/h3-5,7-14,23H,6H2,1-2H3,(H,37,38). The molecule has 1 atom stereocenters. The zero-order chi connectivity index (χ0) is 29.3. The van der Waals surface area contributed by atoms with Crippen LogP contribution in [0.4, 0.5) is 39.5 Å². The Morgan fingerprint density at radius 1 is 0.718 bits per heavy atom. The molecule has 0 bridgehead atoms. The molecule has 3 aromatic carbocycles. The quantitative estimate of drug-likeness (QED) is 0.291. The largest absolute Gasteiger partial charge is 0.481 e. The topological polar surface area (TPSA) is 46.5 Å². The summed E-state index contributed by atoms with van der Waals surface area (Å²) < 4.78 is 126. The molecule has 1 unspecified atom stereocenters. The highest BCUT2D eigenvalue weighted by Crippen LogP contribution is 2.41. The molecule has 0 radical (unpaired) electrons. The number of benzene rings is 3. The highest BCUT2D eigenvalue weighted by atomic mass is 19.4.